The number of benzene rings is 2. The lowest BCUT2D eigenvalue weighted by Crippen LogP contribution is -2.49. The molecule has 2 aromatic rings. The van der Waals surface area contributed by atoms with E-state index in [-0.39, 0.29) is 19.1 Å². The summed E-state index contributed by atoms with van der Waals surface area (Å²) in [7, 11) is 0. The molecule has 0 saturated carbocycles. The lowest BCUT2D eigenvalue weighted by Gasteiger charge is -2.32. The van der Waals surface area contributed by atoms with Gasteiger partial charge in [-0.1, -0.05) is 41.9 Å². The number of para-hydroxylation sites is 1. The summed E-state index contributed by atoms with van der Waals surface area (Å²) < 4.78 is 5.15. The maximum absolute atomic E-state index is 12.7. The standard InChI is InChI=1S/C20H16ClN3O4/c21-13-8-6-12(7-9-13)18-17-15(11-28-19(17)26)24(20(27)23-18)10-16(25)22-14-4-2-1-3-5-14/h1-9,18H,10-11H2,(H,22,25)(H,23,27). The fourth-order valence-corrected chi connectivity index (χ4v) is 3.38. The number of amides is 3. The van der Waals surface area contributed by atoms with Crippen LogP contribution >= 0.6 is 11.6 Å². The lowest BCUT2D eigenvalue weighted by atomic mass is 9.96. The van der Waals surface area contributed by atoms with Crippen LogP contribution in [0.2, 0.25) is 5.02 Å². The van der Waals surface area contributed by atoms with Gasteiger partial charge in [-0.2, -0.15) is 0 Å². The Morgan fingerprint density at radius 3 is 2.57 bits per heavy atom. The molecule has 2 aliphatic heterocycles. The minimum atomic E-state index is -0.650. The van der Waals surface area contributed by atoms with Crippen LogP contribution in [0.4, 0.5) is 10.5 Å². The van der Waals surface area contributed by atoms with Crippen molar-refractivity contribution in [2.24, 2.45) is 0 Å². The van der Waals surface area contributed by atoms with Crippen LogP contribution in [0.15, 0.2) is 65.9 Å². The number of ether oxygens (including phenoxy) is 1. The van der Waals surface area contributed by atoms with Crippen molar-refractivity contribution >= 4 is 35.2 Å². The van der Waals surface area contributed by atoms with E-state index < -0.39 is 18.0 Å². The van der Waals surface area contributed by atoms with Gasteiger partial charge in [-0.25, -0.2) is 9.59 Å². The van der Waals surface area contributed by atoms with Gasteiger partial charge < -0.3 is 15.4 Å². The topological polar surface area (TPSA) is 87.7 Å². The monoisotopic (exact) mass is 397 g/mol. The molecule has 1 atom stereocenters. The first kappa shape index (κ1) is 18.1. The van der Waals surface area contributed by atoms with Crippen LogP contribution in [0.25, 0.3) is 0 Å². The van der Waals surface area contributed by atoms with Crippen molar-refractivity contribution in [3.05, 3.63) is 76.5 Å². The number of hydrogen-bond acceptors (Lipinski definition) is 4. The largest absolute Gasteiger partial charge is 0.456 e. The Morgan fingerprint density at radius 2 is 1.86 bits per heavy atom. The first-order valence-corrected chi connectivity index (χ1v) is 8.99. The highest BCUT2D eigenvalue weighted by Gasteiger charge is 2.42. The molecule has 4 rings (SSSR count). The van der Waals surface area contributed by atoms with Gasteiger partial charge in [-0.15, -0.1) is 0 Å². The summed E-state index contributed by atoms with van der Waals surface area (Å²) >= 11 is 5.92. The van der Waals surface area contributed by atoms with E-state index >= 15 is 0 Å². The summed E-state index contributed by atoms with van der Waals surface area (Å²) in [6, 6.07) is 14.6. The fourth-order valence-electron chi connectivity index (χ4n) is 3.25. The van der Waals surface area contributed by atoms with Crippen molar-refractivity contribution in [1.82, 2.24) is 10.2 Å². The van der Waals surface area contributed by atoms with Crippen molar-refractivity contribution in [3.8, 4) is 0 Å². The second-order valence-corrected chi connectivity index (χ2v) is 6.81. The van der Waals surface area contributed by atoms with E-state index in [9.17, 15) is 14.4 Å². The Kier molecular flexibility index (Phi) is 4.75. The number of hydrogen-bond donors (Lipinski definition) is 2. The minimum absolute atomic E-state index is 0.0513. The van der Waals surface area contributed by atoms with Crippen LogP contribution < -0.4 is 10.6 Å². The van der Waals surface area contributed by atoms with Gasteiger partial charge in [0.25, 0.3) is 0 Å². The number of urea groups is 1. The minimum Gasteiger partial charge on any atom is -0.456 e. The number of nitrogens with zero attached hydrogens (tertiary/aromatic N) is 1. The number of rotatable bonds is 4. The van der Waals surface area contributed by atoms with E-state index in [1.807, 2.05) is 6.07 Å². The summed E-state index contributed by atoms with van der Waals surface area (Å²) in [4.78, 5) is 38.6. The van der Waals surface area contributed by atoms with Crippen molar-refractivity contribution < 1.29 is 19.1 Å². The third kappa shape index (κ3) is 3.44. The normalized spacial score (nSPS) is 18.5. The molecule has 0 saturated heterocycles. The van der Waals surface area contributed by atoms with Gasteiger partial charge in [0.1, 0.15) is 13.2 Å². The van der Waals surface area contributed by atoms with Gasteiger partial charge in [0.15, 0.2) is 0 Å². The van der Waals surface area contributed by atoms with Gasteiger partial charge >= 0.3 is 12.0 Å². The highest BCUT2D eigenvalue weighted by molar-refractivity contribution is 6.30. The van der Waals surface area contributed by atoms with Crippen LogP contribution in [-0.4, -0.2) is 36.0 Å². The SMILES string of the molecule is O=C(CN1C(=O)NC(c2ccc(Cl)cc2)C2=C1COC2=O)Nc1ccccc1. The first-order chi connectivity index (χ1) is 13.5. The molecule has 0 bridgehead atoms. The molecule has 7 nitrogen and oxygen atoms in total. The molecular weight excluding hydrogens is 382 g/mol. The van der Waals surface area contributed by atoms with Crippen LogP contribution in [0, 0.1) is 0 Å². The molecule has 28 heavy (non-hydrogen) atoms. The predicted octanol–water partition coefficient (Wildman–Crippen LogP) is 2.86. The molecular formula is C20H16ClN3O4. The van der Waals surface area contributed by atoms with Gasteiger partial charge in [0, 0.05) is 10.7 Å². The molecule has 2 aliphatic rings. The van der Waals surface area contributed by atoms with Crippen molar-refractivity contribution in [3.63, 3.8) is 0 Å². The van der Waals surface area contributed by atoms with Gasteiger partial charge in [-0.05, 0) is 29.8 Å². The number of carbonyl (C=O) groups excluding carboxylic acids is 3. The maximum Gasteiger partial charge on any atom is 0.338 e. The molecule has 0 spiro atoms. The number of anilines is 1. The summed E-state index contributed by atoms with van der Waals surface area (Å²) in [5, 5.41) is 6.05. The number of carbonyl (C=O) groups is 3. The Hall–Kier alpha value is -3.32. The van der Waals surface area contributed by atoms with Crippen LogP contribution in [-0.2, 0) is 14.3 Å². The predicted molar refractivity (Wildman–Crippen MR) is 102 cm³/mol. The number of halogens is 1. The van der Waals surface area contributed by atoms with Gasteiger partial charge in [0.2, 0.25) is 5.91 Å². The van der Waals surface area contributed by atoms with E-state index in [0.717, 1.165) is 0 Å². The molecule has 0 radical (unpaired) electrons. The van der Waals surface area contributed by atoms with Crippen molar-refractivity contribution in [1.29, 1.82) is 0 Å². The zero-order valence-corrected chi connectivity index (χ0v) is 15.4. The summed E-state index contributed by atoms with van der Waals surface area (Å²) in [6.07, 6.45) is 0. The second kappa shape index (κ2) is 7.36. The van der Waals surface area contributed by atoms with Gasteiger partial charge in [-0.3, -0.25) is 9.69 Å². The molecule has 0 fully saturated rings. The molecule has 0 aliphatic carbocycles. The molecule has 3 amide bonds. The molecule has 2 aromatic carbocycles. The smallest absolute Gasteiger partial charge is 0.338 e. The molecule has 0 aromatic heterocycles. The molecule has 8 heteroatoms. The molecule has 1 unspecified atom stereocenters. The highest BCUT2D eigenvalue weighted by atomic mass is 35.5. The van der Waals surface area contributed by atoms with Crippen molar-refractivity contribution in [2.45, 2.75) is 6.04 Å². The average Bonchev–Trinajstić information content (AvgIpc) is 3.07. The van der Waals surface area contributed by atoms with E-state index in [4.69, 9.17) is 16.3 Å². The quantitative estimate of drug-likeness (QED) is 0.776. The lowest BCUT2D eigenvalue weighted by molar-refractivity contribution is -0.136. The molecule has 2 N–H and O–H groups in total. The Labute approximate surface area is 165 Å². The van der Waals surface area contributed by atoms with Crippen LogP contribution in [0.5, 0.6) is 0 Å². The van der Waals surface area contributed by atoms with E-state index in [2.05, 4.69) is 10.6 Å². The van der Waals surface area contributed by atoms with Gasteiger partial charge in [0.05, 0.1) is 17.3 Å². The number of esters is 1. The van der Waals surface area contributed by atoms with Crippen LogP contribution in [0.3, 0.4) is 0 Å². The third-order valence-corrected chi connectivity index (χ3v) is 4.81. The summed E-state index contributed by atoms with van der Waals surface area (Å²) in [6.45, 7) is -0.284. The Bertz CT molecular complexity index is 973. The van der Waals surface area contributed by atoms with E-state index in [0.29, 0.717) is 27.5 Å². The summed E-state index contributed by atoms with van der Waals surface area (Å²) in [5.41, 5.74) is 2.06. The van der Waals surface area contributed by atoms with E-state index in [1.165, 1.54) is 4.90 Å². The van der Waals surface area contributed by atoms with Crippen LogP contribution in [0.1, 0.15) is 11.6 Å². The maximum atomic E-state index is 12.7. The highest BCUT2D eigenvalue weighted by Crippen LogP contribution is 2.35. The summed E-state index contributed by atoms with van der Waals surface area (Å²) in [5.74, 6) is -0.888. The number of nitrogens with one attached hydrogen (secondary N) is 2. The van der Waals surface area contributed by atoms with Crippen molar-refractivity contribution in [2.75, 3.05) is 18.5 Å². The fraction of sp³-hybridized carbons (Fsp3) is 0.150. The Morgan fingerprint density at radius 1 is 1.14 bits per heavy atom. The second-order valence-electron chi connectivity index (χ2n) is 6.37. The third-order valence-electron chi connectivity index (χ3n) is 4.56. The van der Waals surface area contributed by atoms with E-state index in [1.54, 1.807) is 48.5 Å². The molecule has 142 valence electrons. The zero-order valence-electron chi connectivity index (χ0n) is 14.6. The average molecular weight is 398 g/mol. The number of cyclic esters (lactones) is 1. The molecule has 2 heterocycles. The first-order valence-electron chi connectivity index (χ1n) is 8.61. The zero-order chi connectivity index (χ0) is 19.7. The Balaban J connectivity index is 1.60.